The number of unbranched alkanes of at least 4 members (excludes halogenated alkanes) is 2. The molecular formula is C11H13ClN2. The van der Waals surface area contributed by atoms with Crippen molar-refractivity contribution in [3.8, 4) is 6.07 Å². The van der Waals surface area contributed by atoms with E-state index in [1.165, 1.54) is 0 Å². The Hall–Kier alpha value is -1.20. The summed E-state index contributed by atoms with van der Waals surface area (Å²) in [6, 6.07) is 9.77. The number of nitrogens with zero attached hydrogens (tertiary/aromatic N) is 1. The van der Waals surface area contributed by atoms with Crippen LogP contribution in [0.15, 0.2) is 24.3 Å². The smallest absolute Gasteiger partial charge is 0.0621 e. The molecular weight excluding hydrogens is 196 g/mol. The van der Waals surface area contributed by atoms with E-state index in [-0.39, 0.29) is 0 Å². The fourth-order valence-electron chi connectivity index (χ4n) is 1.16. The van der Waals surface area contributed by atoms with Crippen molar-refractivity contribution in [2.45, 2.75) is 19.3 Å². The Balaban J connectivity index is 2.22. The maximum atomic E-state index is 8.33. The van der Waals surface area contributed by atoms with Crippen molar-refractivity contribution in [2.24, 2.45) is 0 Å². The van der Waals surface area contributed by atoms with Gasteiger partial charge in [-0.25, -0.2) is 0 Å². The lowest BCUT2D eigenvalue weighted by Gasteiger charge is -2.05. The number of nitrogens with one attached hydrogen (secondary N) is 1. The lowest BCUT2D eigenvalue weighted by Crippen LogP contribution is -2.00. The van der Waals surface area contributed by atoms with Crippen LogP contribution in [0, 0.1) is 11.3 Å². The minimum Gasteiger partial charge on any atom is -0.385 e. The molecule has 1 rings (SSSR count). The van der Waals surface area contributed by atoms with Crippen LogP contribution in [-0.4, -0.2) is 6.54 Å². The molecule has 0 unspecified atom stereocenters. The van der Waals surface area contributed by atoms with Crippen LogP contribution >= 0.6 is 11.6 Å². The van der Waals surface area contributed by atoms with Crippen LogP contribution in [0.3, 0.4) is 0 Å². The molecule has 0 aliphatic carbocycles. The molecule has 0 aliphatic rings. The Labute approximate surface area is 89.5 Å². The summed E-state index contributed by atoms with van der Waals surface area (Å²) >= 11 is 5.82. The monoisotopic (exact) mass is 208 g/mol. The summed E-state index contributed by atoms with van der Waals surface area (Å²) in [5.74, 6) is 0. The zero-order chi connectivity index (χ0) is 10.2. The molecule has 1 aromatic carbocycles. The van der Waals surface area contributed by atoms with Crippen molar-refractivity contribution in [3.63, 3.8) is 0 Å². The molecule has 74 valence electrons. The molecule has 2 nitrogen and oxygen atoms in total. The molecule has 1 aromatic rings. The number of hydrogen-bond donors (Lipinski definition) is 1. The predicted molar refractivity (Wildman–Crippen MR) is 59.4 cm³/mol. The van der Waals surface area contributed by atoms with Gasteiger partial charge in [-0.1, -0.05) is 17.7 Å². The number of hydrogen-bond acceptors (Lipinski definition) is 2. The number of benzene rings is 1. The van der Waals surface area contributed by atoms with Crippen LogP contribution in [0.1, 0.15) is 19.3 Å². The molecule has 0 amide bonds. The second kappa shape index (κ2) is 6.28. The standard InChI is InChI=1S/C11H13ClN2/c12-10-5-4-6-11(9-10)14-8-3-1-2-7-13/h4-6,9,14H,1-3,8H2. The molecule has 1 N–H and O–H groups in total. The highest BCUT2D eigenvalue weighted by Crippen LogP contribution is 2.14. The van der Waals surface area contributed by atoms with Gasteiger partial charge >= 0.3 is 0 Å². The summed E-state index contributed by atoms with van der Waals surface area (Å²) in [6.45, 7) is 0.891. The second-order valence-electron chi connectivity index (χ2n) is 3.05. The van der Waals surface area contributed by atoms with E-state index < -0.39 is 0 Å². The first-order valence-electron chi connectivity index (χ1n) is 4.69. The molecule has 14 heavy (non-hydrogen) atoms. The van der Waals surface area contributed by atoms with E-state index in [9.17, 15) is 0 Å². The van der Waals surface area contributed by atoms with Gasteiger partial charge in [0.25, 0.3) is 0 Å². The minimum atomic E-state index is 0.636. The molecule has 0 fully saturated rings. The second-order valence-corrected chi connectivity index (χ2v) is 3.49. The molecule has 0 spiro atoms. The van der Waals surface area contributed by atoms with E-state index in [1.54, 1.807) is 0 Å². The van der Waals surface area contributed by atoms with Crippen LogP contribution in [0.4, 0.5) is 5.69 Å². The van der Waals surface area contributed by atoms with Gasteiger partial charge in [-0.15, -0.1) is 0 Å². The third-order valence-electron chi connectivity index (χ3n) is 1.87. The van der Waals surface area contributed by atoms with Crippen molar-refractivity contribution in [1.29, 1.82) is 5.26 Å². The first-order chi connectivity index (χ1) is 6.83. The first kappa shape index (κ1) is 10.9. The largest absolute Gasteiger partial charge is 0.385 e. The van der Waals surface area contributed by atoms with Gasteiger partial charge in [0, 0.05) is 23.7 Å². The number of halogens is 1. The molecule has 0 saturated heterocycles. The molecule has 0 heterocycles. The van der Waals surface area contributed by atoms with Crippen LogP contribution in [0.25, 0.3) is 0 Å². The Bertz CT molecular complexity index is 317. The van der Waals surface area contributed by atoms with E-state index in [0.29, 0.717) is 6.42 Å². The zero-order valence-corrected chi connectivity index (χ0v) is 8.72. The Morgan fingerprint density at radius 3 is 2.93 bits per heavy atom. The third-order valence-corrected chi connectivity index (χ3v) is 2.10. The number of anilines is 1. The van der Waals surface area contributed by atoms with Crippen LogP contribution < -0.4 is 5.32 Å². The fourth-order valence-corrected chi connectivity index (χ4v) is 1.35. The number of nitriles is 1. The molecule has 3 heteroatoms. The van der Waals surface area contributed by atoms with E-state index in [0.717, 1.165) is 30.1 Å². The zero-order valence-electron chi connectivity index (χ0n) is 7.96. The van der Waals surface area contributed by atoms with Gasteiger partial charge in [-0.2, -0.15) is 5.26 Å². The molecule has 0 saturated carbocycles. The summed E-state index contributed by atoms with van der Waals surface area (Å²) in [5, 5.41) is 12.3. The maximum absolute atomic E-state index is 8.33. The van der Waals surface area contributed by atoms with Crippen molar-refractivity contribution < 1.29 is 0 Å². The maximum Gasteiger partial charge on any atom is 0.0621 e. The van der Waals surface area contributed by atoms with Gasteiger partial charge in [0.1, 0.15) is 0 Å². The topological polar surface area (TPSA) is 35.8 Å². The average Bonchev–Trinajstić information content (AvgIpc) is 2.18. The lowest BCUT2D eigenvalue weighted by molar-refractivity contribution is 0.785. The van der Waals surface area contributed by atoms with E-state index in [2.05, 4.69) is 11.4 Å². The lowest BCUT2D eigenvalue weighted by atomic mass is 10.2. The molecule has 0 aliphatic heterocycles. The van der Waals surface area contributed by atoms with Crippen molar-refractivity contribution >= 4 is 17.3 Å². The summed E-state index contributed by atoms with van der Waals surface area (Å²) in [4.78, 5) is 0. The van der Waals surface area contributed by atoms with Gasteiger partial charge in [0.15, 0.2) is 0 Å². The molecule has 0 radical (unpaired) electrons. The molecule has 0 atom stereocenters. The van der Waals surface area contributed by atoms with Crippen molar-refractivity contribution in [2.75, 3.05) is 11.9 Å². The van der Waals surface area contributed by atoms with Crippen LogP contribution in [-0.2, 0) is 0 Å². The highest BCUT2D eigenvalue weighted by Gasteiger charge is 1.92. The normalized spacial score (nSPS) is 9.43. The quantitative estimate of drug-likeness (QED) is 0.753. The Morgan fingerprint density at radius 1 is 1.36 bits per heavy atom. The highest BCUT2D eigenvalue weighted by atomic mass is 35.5. The summed E-state index contributed by atoms with van der Waals surface area (Å²) in [5.41, 5.74) is 1.04. The predicted octanol–water partition coefficient (Wildman–Crippen LogP) is 3.45. The van der Waals surface area contributed by atoms with Gasteiger partial charge < -0.3 is 5.32 Å². The van der Waals surface area contributed by atoms with Crippen molar-refractivity contribution in [3.05, 3.63) is 29.3 Å². The van der Waals surface area contributed by atoms with E-state index >= 15 is 0 Å². The van der Waals surface area contributed by atoms with Gasteiger partial charge in [-0.05, 0) is 31.0 Å². The van der Waals surface area contributed by atoms with E-state index in [1.807, 2.05) is 24.3 Å². The van der Waals surface area contributed by atoms with Gasteiger partial charge in [0.2, 0.25) is 0 Å². The Kier molecular flexibility index (Phi) is 4.88. The van der Waals surface area contributed by atoms with Crippen molar-refractivity contribution in [1.82, 2.24) is 0 Å². The average molecular weight is 209 g/mol. The first-order valence-corrected chi connectivity index (χ1v) is 5.07. The highest BCUT2D eigenvalue weighted by molar-refractivity contribution is 6.30. The number of rotatable bonds is 5. The van der Waals surface area contributed by atoms with Crippen LogP contribution in [0.2, 0.25) is 5.02 Å². The molecule has 0 aromatic heterocycles. The molecule has 0 bridgehead atoms. The fraction of sp³-hybridized carbons (Fsp3) is 0.364. The summed E-state index contributed by atoms with van der Waals surface area (Å²) in [6.07, 6.45) is 2.60. The summed E-state index contributed by atoms with van der Waals surface area (Å²) < 4.78 is 0. The summed E-state index contributed by atoms with van der Waals surface area (Å²) in [7, 11) is 0. The van der Waals surface area contributed by atoms with Gasteiger partial charge in [-0.3, -0.25) is 0 Å². The minimum absolute atomic E-state index is 0.636. The van der Waals surface area contributed by atoms with Gasteiger partial charge in [0.05, 0.1) is 6.07 Å². The SMILES string of the molecule is N#CCCCCNc1cccc(Cl)c1. The van der Waals surface area contributed by atoms with Crippen LogP contribution in [0.5, 0.6) is 0 Å². The van der Waals surface area contributed by atoms with E-state index in [4.69, 9.17) is 16.9 Å². The Morgan fingerprint density at radius 2 is 2.21 bits per heavy atom. The third kappa shape index (κ3) is 4.15.